The summed E-state index contributed by atoms with van der Waals surface area (Å²) in [4.78, 5) is 22.0. The normalized spacial score (nSPS) is 12.6. The van der Waals surface area contributed by atoms with Gasteiger partial charge in [-0.1, -0.05) is 65.1 Å². The highest BCUT2D eigenvalue weighted by Gasteiger charge is 2.23. The third-order valence-electron chi connectivity index (χ3n) is 2.15. The Morgan fingerprint density at radius 1 is 1.32 bits per heavy atom. The fourth-order valence-corrected chi connectivity index (χ4v) is 1.52. The lowest BCUT2D eigenvalue weighted by molar-refractivity contribution is 0.144. The van der Waals surface area contributed by atoms with Gasteiger partial charge in [-0.15, -0.1) is 0 Å². The van der Waals surface area contributed by atoms with E-state index in [1.54, 1.807) is 30.6 Å². The predicted molar refractivity (Wildman–Crippen MR) is 74.3 cm³/mol. The summed E-state index contributed by atoms with van der Waals surface area (Å²) in [6.07, 6.45) is 0.984. The van der Waals surface area contributed by atoms with Gasteiger partial charge < -0.3 is 10.1 Å². The zero-order valence-corrected chi connectivity index (χ0v) is 12.0. The van der Waals surface area contributed by atoms with Crippen LogP contribution in [0.15, 0.2) is 30.3 Å². The molecule has 0 spiro atoms. The van der Waals surface area contributed by atoms with E-state index >= 15 is 0 Å². The number of carbonyl (C=O) groups is 1. The average Bonchev–Trinajstić information content (AvgIpc) is 2.36. The minimum Gasteiger partial charge on any atom is -0.445 e. The zero-order valence-electron chi connectivity index (χ0n) is 9.74. The maximum absolute atomic E-state index is 11.5. The van der Waals surface area contributed by atoms with E-state index < -0.39 is 15.9 Å². The first kappa shape index (κ1) is 16.1. The molecular formula is C12H11Cl3NO3. The Hall–Kier alpha value is -0.970. The minimum absolute atomic E-state index is 0.00683. The van der Waals surface area contributed by atoms with Gasteiger partial charge in [-0.3, -0.25) is 4.79 Å². The molecule has 0 aliphatic heterocycles. The van der Waals surface area contributed by atoms with Crippen molar-refractivity contribution in [1.29, 1.82) is 0 Å². The van der Waals surface area contributed by atoms with E-state index in [1.165, 1.54) is 0 Å². The predicted octanol–water partition coefficient (Wildman–Crippen LogP) is 3.32. The van der Waals surface area contributed by atoms with Gasteiger partial charge in [0.05, 0.1) is 6.04 Å². The third-order valence-corrected chi connectivity index (χ3v) is 2.48. The number of carbonyl (C=O) groups excluding carboxylic acids is 2. The van der Waals surface area contributed by atoms with Crippen LogP contribution >= 0.6 is 34.8 Å². The van der Waals surface area contributed by atoms with Gasteiger partial charge in [-0.05, 0) is 5.56 Å². The van der Waals surface area contributed by atoms with Crippen molar-refractivity contribution < 1.29 is 14.3 Å². The van der Waals surface area contributed by atoms with Crippen LogP contribution in [0.25, 0.3) is 0 Å². The van der Waals surface area contributed by atoms with Crippen molar-refractivity contribution in [2.24, 2.45) is 0 Å². The molecular weight excluding hydrogens is 312 g/mol. The Morgan fingerprint density at radius 2 is 1.95 bits per heavy atom. The molecule has 1 aromatic rings. The number of ether oxygens (including phenoxy) is 1. The fourth-order valence-electron chi connectivity index (χ4n) is 1.35. The number of amides is 1. The molecule has 1 amide bonds. The molecule has 103 valence electrons. The Labute approximate surface area is 126 Å². The molecule has 19 heavy (non-hydrogen) atoms. The monoisotopic (exact) mass is 322 g/mol. The van der Waals surface area contributed by atoms with Gasteiger partial charge in [0, 0.05) is 6.42 Å². The number of nitrogens with one attached hydrogen (secondary N) is 1. The van der Waals surface area contributed by atoms with Gasteiger partial charge in [0.1, 0.15) is 6.61 Å². The minimum atomic E-state index is -1.67. The molecule has 0 saturated heterocycles. The molecule has 4 nitrogen and oxygen atoms in total. The van der Waals surface area contributed by atoms with Crippen LogP contribution in [0.3, 0.4) is 0 Å². The summed E-state index contributed by atoms with van der Waals surface area (Å²) in [6.45, 7) is -0.379. The van der Waals surface area contributed by atoms with Crippen LogP contribution in [0.5, 0.6) is 0 Å². The summed E-state index contributed by atoms with van der Waals surface area (Å²) in [7, 11) is 0. The van der Waals surface area contributed by atoms with E-state index in [9.17, 15) is 9.59 Å². The van der Waals surface area contributed by atoms with Gasteiger partial charge in [-0.2, -0.15) is 0 Å². The molecule has 0 saturated carbocycles. The van der Waals surface area contributed by atoms with E-state index in [2.05, 4.69) is 5.32 Å². The van der Waals surface area contributed by atoms with Crippen LogP contribution in [0.4, 0.5) is 4.79 Å². The van der Waals surface area contributed by atoms with Crippen LogP contribution in [-0.4, -0.2) is 22.8 Å². The van der Waals surface area contributed by atoms with Crippen LogP contribution in [0.2, 0.25) is 0 Å². The second-order valence-corrected chi connectivity index (χ2v) is 6.16. The SMILES string of the molecule is O=[C]CC(NC(=O)OCC(Cl)(Cl)Cl)c1ccccc1. The first-order valence-corrected chi connectivity index (χ1v) is 6.46. The fraction of sp³-hybridized carbons (Fsp3) is 0.333. The molecule has 0 aliphatic rings. The van der Waals surface area contributed by atoms with Crippen LogP contribution < -0.4 is 5.32 Å². The van der Waals surface area contributed by atoms with Crippen molar-refractivity contribution >= 4 is 47.2 Å². The molecule has 1 atom stereocenters. The van der Waals surface area contributed by atoms with Crippen molar-refractivity contribution in [2.75, 3.05) is 6.61 Å². The highest BCUT2D eigenvalue weighted by molar-refractivity contribution is 6.67. The second kappa shape index (κ2) is 7.58. The molecule has 1 unspecified atom stereocenters. The van der Waals surface area contributed by atoms with Gasteiger partial charge in [0.25, 0.3) is 0 Å². The number of hydrogen-bond acceptors (Lipinski definition) is 3. The van der Waals surface area contributed by atoms with Gasteiger partial charge in [0.15, 0.2) is 0 Å². The summed E-state index contributed by atoms with van der Waals surface area (Å²) in [5.74, 6) is 0. The van der Waals surface area contributed by atoms with E-state index in [-0.39, 0.29) is 13.0 Å². The number of rotatable bonds is 5. The lowest BCUT2D eigenvalue weighted by Crippen LogP contribution is -2.31. The van der Waals surface area contributed by atoms with Crippen molar-refractivity contribution in [2.45, 2.75) is 16.3 Å². The summed E-state index contributed by atoms with van der Waals surface area (Å²) >= 11 is 16.4. The molecule has 0 fully saturated rings. The molecule has 1 N–H and O–H groups in total. The first-order chi connectivity index (χ1) is 8.92. The maximum Gasteiger partial charge on any atom is 0.407 e. The number of halogens is 3. The largest absolute Gasteiger partial charge is 0.445 e. The van der Waals surface area contributed by atoms with E-state index in [0.717, 1.165) is 5.56 Å². The molecule has 7 heteroatoms. The van der Waals surface area contributed by atoms with Crippen molar-refractivity contribution in [1.82, 2.24) is 5.32 Å². The summed E-state index contributed by atoms with van der Waals surface area (Å²) in [6, 6.07) is 8.44. The number of hydrogen-bond donors (Lipinski definition) is 1. The number of alkyl halides is 3. The highest BCUT2D eigenvalue weighted by atomic mass is 35.6. The molecule has 1 aromatic carbocycles. The zero-order chi connectivity index (χ0) is 14.3. The first-order valence-electron chi connectivity index (χ1n) is 5.32. The van der Waals surface area contributed by atoms with Crippen molar-refractivity contribution in [3.8, 4) is 0 Å². The molecule has 1 rings (SSSR count). The van der Waals surface area contributed by atoms with Crippen LogP contribution in [0.1, 0.15) is 18.0 Å². The third kappa shape index (κ3) is 6.66. The summed E-state index contributed by atoms with van der Waals surface area (Å²) in [5, 5.41) is 2.51. The van der Waals surface area contributed by atoms with E-state index in [0.29, 0.717) is 0 Å². The smallest absolute Gasteiger partial charge is 0.407 e. The Balaban J connectivity index is 2.59. The lowest BCUT2D eigenvalue weighted by Gasteiger charge is -2.17. The Bertz CT molecular complexity index is 420. The maximum atomic E-state index is 11.5. The lowest BCUT2D eigenvalue weighted by atomic mass is 10.1. The van der Waals surface area contributed by atoms with Crippen LogP contribution in [-0.2, 0) is 9.53 Å². The van der Waals surface area contributed by atoms with Crippen molar-refractivity contribution in [3.63, 3.8) is 0 Å². The number of alkyl carbamates (subject to hydrolysis) is 1. The van der Waals surface area contributed by atoms with E-state index in [1.807, 2.05) is 6.07 Å². The summed E-state index contributed by atoms with van der Waals surface area (Å²) < 4.78 is 3.06. The Kier molecular flexibility index (Phi) is 6.42. The topological polar surface area (TPSA) is 55.4 Å². The molecule has 0 aliphatic carbocycles. The Morgan fingerprint density at radius 3 is 2.47 bits per heavy atom. The number of benzene rings is 1. The van der Waals surface area contributed by atoms with Gasteiger partial charge in [0.2, 0.25) is 10.1 Å². The second-order valence-electron chi connectivity index (χ2n) is 3.65. The van der Waals surface area contributed by atoms with Crippen LogP contribution in [0, 0.1) is 0 Å². The van der Waals surface area contributed by atoms with Crippen molar-refractivity contribution in [3.05, 3.63) is 35.9 Å². The molecule has 0 heterocycles. The average molecular weight is 324 g/mol. The molecule has 1 radical (unpaired) electrons. The molecule has 0 aromatic heterocycles. The molecule has 0 bridgehead atoms. The van der Waals surface area contributed by atoms with Gasteiger partial charge in [-0.25, -0.2) is 4.79 Å². The highest BCUT2D eigenvalue weighted by Crippen LogP contribution is 2.26. The van der Waals surface area contributed by atoms with E-state index in [4.69, 9.17) is 39.5 Å². The van der Waals surface area contributed by atoms with Gasteiger partial charge >= 0.3 is 6.09 Å². The standard InChI is InChI=1S/C12H11Cl3NO3/c13-12(14,15)8-19-11(18)16-10(6-7-17)9-4-2-1-3-5-9/h1-5,10H,6,8H2,(H,16,18). The summed E-state index contributed by atoms with van der Waals surface area (Å²) in [5.41, 5.74) is 0.761. The quantitative estimate of drug-likeness (QED) is 0.846.